The van der Waals surface area contributed by atoms with Crippen molar-refractivity contribution in [2.75, 3.05) is 36.6 Å². The number of carbonyl (C=O) groups is 1. The molecule has 27 heavy (non-hydrogen) atoms. The highest BCUT2D eigenvalue weighted by Gasteiger charge is 2.25. The highest BCUT2D eigenvalue weighted by atomic mass is 35.5. The van der Waals surface area contributed by atoms with Crippen LogP contribution in [0.3, 0.4) is 0 Å². The second-order valence-electron chi connectivity index (χ2n) is 5.61. The molecule has 0 aliphatic rings. The number of amides is 1. The number of rotatable bonds is 7. The molecule has 0 heterocycles. The van der Waals surface area contributed by atoms with E-state index >= 15 is 0 Å². The van der Waals surface area contributed by atoms with Crippen LogP contribution < -0.4 is 19.1 Å². The van der Waals surface area contributed by atoms with E-state index in [4.69, 9.17) is 21.1 Å². The second kappa shape index (κ2) is 8.49. The number of hydrogen-bond acceptors (Lipinski definition) is 5. The molecule has 9 heteroatoms. The zero-order valence-corrected chi connectivity index (χ0v) is 17.0. The number of ether oxygens (including phenoxy) is 2. The van der Waals surface area contributed by atoms with Crippen molar-refractivity contribution in [3.63, 3.8) is 0 Å². The van der Waals surface area contributed by atoms with E-state index in [9.17, 15) is 13.2 Å². The van der Waals surface area contributed by atoms with Crippen LogP contribution in [0.15, 0.2) is 36.4 Å². The Morgan fingerprint density at radius 2 is 1.67 bits per heavy atom. The van der Waals surface area contributed by atoms with Gasteiger partial charge in [0.1, 0.15) is 0 Å². The van der Waals surface area contributed by atoms with Gasteiger partial charge in [-0.05, 0) is 37.3 Å². The Bertz CT molecular complexity index is 930. The third-order valence-corrected chi connectivity index (χ3v) is 5.31. The second-order valence-corrected chi connectivity index (χ2v) is 7.96. The van der Waals surface area contributed by atoms with Gasteiger partial charge in [0.25, 0.3) is 5.91 Å². The number of benzene rings is 2. The molecule has 0 saturated heterocycles. The Hall–Kier alpha value is -2.45. The van der Waals surface area contributed by atoms with Crippen molar-refractivity contribution in [2.24, 2.45) is 0 Å². The topological polar surface area (TPSA) is 84.9 Å². The highest BCUT2D eigenvalue weighted by Crippen LogP contribution is 2.36. The molecule has 146 valence electrons. The lowest BCUT2D eigenvalue weighted by Gasteiger charge is -2.24. The molecule has 0 fully saturated rings. The molecule has 0 unspecified atom stereocenters. The van der Waals surface area contributed by atoms with Gasteiger partial charge < -0.3 is 14.8 Å². The summed E-state index contributed by atoms with van der Waals surface area (Å²) in [6.07, 6.45) is 1.08. The minimum atomic E-state index is -3.61. The van der Waals surface area contributed by atoms with Crippen LogP contribution in [-0.2, 0) is 10.0 Å². The standard InChI is InChI=1S/C18H21ClN2O5S/c1-5-21(27(4,23)24)15-11-17(26-3)16(25-2)10-14(15)18(22)20-13-8-6-12(19)7-9-13/h6-11H,5H2,1-4H3,(H,20,22). The van der Waals surface area contributed by atoms with Gasteiger partial charge in [-0.1, -0.05) is 11.6 Å². The first-order chi connectivity index (χ1) is 12.7. The predicted octanol–water partition coefficient (Wildman–Crippen LogP) is 3.40. The van der Waals surface area contributed by atoms with E-state index in [-0.39, 0.29) is 17.8 Å². The Morgan fingerprint density at radius 1 is 1.11 bits per heavy atom. The molecular weight excluding hydrogens is 392 g/mol. The number of nitrogens with one attached hydrogen (secondary N) is 1. The summed E-state index contributed by atoms with van der Waals surface area (Å²) in [7, 11) is -0.734. The normalized spacial score (nSPS) is 11.0. The summed E-state index contributed by atoms with van der Waals surface area (Å²) in [6, 6.07) is 9.50. The molecule has 0 saturated carbocycles. The Kier molecular flexibility index (Phi) is 6.56. The third-order valence-electron chi connectivity index (χ3n) is 3.80. The largest absolute Gasteiger partial charge is 0.493 e. The van der Waals surface area contributed by atoms with Crippen molar-refractivity contribution in [1.29, 1.82) is 0 Å². The molecule has 2 aromatic carbocycles. The summed E-state index contributed by atoms with van der Waals surface area (Å²) in [5.41, 5.74) is 0.853. The molecule has 7 nitrogen and oxygen atoms in total. The van der Waals surface area contributed by atoms with Crippen molar-refractivity contribution >= 4 is 38.9 Å². The van der Waals surface area contributed by atoms with Crippen LogP contribution in [-0.4, -0.2) is 41.3 Å². The van der Waals surface area contributed by atoms with Gasteiger partial charge in [0.05, 0.1) is 31.7 Å². The van der Waals surface area contributed by atoms with Gasteiger partial charge in [0, 0.05) is 23.3 Å². The molecule has 1 N–H and O–H groups in total. The van der Waals surface area contributed by atoms with E-state index < -0.39 is 15.9 Å². The monoisotopic (exact) mass is 412 g/mol. The lowest BCUT2D eigenvalue weighted by Crippen LogP contribution is -2.31. The molecular formula is C18H21ClN2O5S. The lowest BCUT2D eigenvalue weighted by atomic mass is 10.1. The Balaban J connectivity index is 2.57. The van der Waals surface area contributed by atoms with Gasteiger partial charge in [0.2, 0.25) is 10.0 Å². The molecule has 1 amide bonds. The molecule has 0 spiro atoms. The highest BCUT2D eigenvalue weighted by molar-refractivity contribution is 7.92. The number of halogens is 1. The van der Waals surface area contributed by atoms with Gasteiger partial charge in [-0.15, -0.1) is 0 Å². The first kappa shape index (κ1) is 20.9. The number of nitrogens with zero attached hydrogens (tertiary/aromatic N) is 1. The molecule has 0 aromatic heterocycles. The van der Waals surface area contributed by atoms with Crippen LogP contribution in [0.4, 0.5) is 11.4 Å². The summed E-state index contributed by atoms with van der Waals surface area (Å²) in [4.78, 5) is 12.9. The fraction of sp³-hybridized carbons (Fsp3) is 0.278. The zero-order valence-electron chi connectivity index (χ0n) is 15.4. The van der Waals surface area contributed by atoms with Crippen LogP contribution in [0.2, 0.25) is 5.02 Å². The predicted molar refractivity (Wildman–Crippen MR) is 107 cm³/mol. The number of hydrogen-bond donors (Lipinski definition) is 1. The van der Waals surface area contributed by atoms with Crippen LogP contribution >= 0.6 is 11.6 Å². The van der Waals surface area contributed by atoms with Crippen LogP contribution in [0, 0.1) is 0 Å². The Morgan fingerprint density at radius 3 is 2.15 bits per heavy atom. The lowest BCUT2D eigenvalue weighted by molar-refractivity contribution is 0.102. The van der Waals surface area contributed by atoms with Gasteiger partial charge in [-0.2, -0.15) is 0 Å². The summed E-state index contributed by atoms with van der Waals surface area (Å²) >= 11 is 5.86. The fourth-order valence-electron chi connectivity index (χ4n) is 2.57. The van der Waals surface area contributed by atoms with E-state index in [0.29, 0.717) is 22.2 Å². The Labute approximate surface area is 163 Å². The first-order valence-electron chi connectivity index (χ1n) is 8.02. The molecule has 0 bridgehead atoms. The molecule has 0 radical (unpaired) electrons. The summed E-state index contributed by atoms with van der Waals surface area (Å²) in [5.74, 6) is 0.139. The maximum atomic E-state index is 12.9. The van der Waals surface area contributed by atoms with Crippen molar-refractivity contribution in [3.8, 4) is 11.5 Å². The average molecular weight is 413 g/mol. The smallest absolute Gasteiger partial charge is 0.257 e. The molecule has 2 rings (SSSR count). The zero-order chi connectivity index (χ0) is 20.2. The average Bonchev–Trinajstić information content (AvgIpc) is 2.62. The van der Waals surface area contributed by atoms with Crippen molar-refractivity contribution in [3.05, 3.63) is 47.0 Å². The third kappa shape index (κ3) is 4.84. The van der Waals surface area contributed by atoms with Crippen LogP contribution in [0.5, 0.6) is 11.5 Å². The quantitative estimate of drug-likeness (QED) is 0.753. The van der Waals surface area contributed by atoms with Crippen molar-refractivity contribution in [2.45, 2.75) is 6.92 Å². The molecule has 0 aliphatic heterocycles. The molecule has 2 aromatic rings. The number of anilines is 2. The summed E-state index contributed by atoms with van der Waals surface area (Å²) in [6.45, 7) is 1.83. The first-order valence-corrected chi connectivity index (χ1v) is 10.2. The summed E-state index contributed by atoms with van der Waals surface area (Å²) in [5, 5.41) is 3.27. The minimum absolute atomic E-state index is 0.134. The van der Waals surface area contributed by atoms with Crippen molar-refractivity contribution < 1.29 is 22.7 Å². The SMILES string of the molecule is CCN(c1cc(OC)c(OC)cc1C(=O)Nc1ccc(Cl)cc1)S(C)(=O)=O. The van der Waals surface area contributed by atoms with E-state index in [0.717, 1.165) is 10.6 Å². The molecule has 0 atom stereocenters. The number of methoxy groups -OCH3 is 2. The van der Waals surface area contributed by atoms with E-state index in [1.165, 1.54) is 26.4 Å². The van der Waals surface area contributed by atoms with Gasteiger partial charge in [-0.25, -0.2) is 8.42 Å². The van der Waals surface area contributed by atoms with Crippen LogP contribution in [0.1, 0.15) is 17.3 Å². The molecule has 0 aliphatic carbocycles. The maximum absolute atomic E-state index is 12.9. The van der Waals surface area contributed by atoms with Crippen LogP contribution in [0.25, 0.3) is 0 Å². The van der Waals surface area contributed by atoms with E-state index in [2.05, 4.69) is 5.32 Å². The van der Waals surface area contributed by atoms with E-state index in [1.54, 1.807) is 31.2 Å². The number of sulfonamides is 1. The minimum Gasteiger partial charge on any atom is -0.493 e. The van der Waals surface area contributed by atoms with E-state index in [1.807, 2.05) is 0 Å². The van der Waals surface area contributed by atoms with Gasteiger partial charge in [-0.3, -0.25) is 9.10 Å². The fourth-order valence-corrected chi connectivity index (χ4v) is 3.67. The van der Waals surface area contributed by atoms with Gasteiger partial charge in [0.15, 0.2) is 11.5 Å². The number of carbonyl (C=O) groups excluding carboxylic acids is 1. The van der Waals surface area contributed by atoms with Gasteiger partial charge >= 0.3 is 0 Å². The summed E-state index contributed by atoms with van der Waals surface area (Å²) < 4.78 is 36.0. The maximum Gasteiger partial charge on any atom is 0.257 e. The van der Waals surface area contributed by atoms with Crippen molar-refractivity contribution in [1.82, 2.24) is 0 Å².